The number of hydrogen-bond donors (Lipinski definition) is 1. The summed E-state index contributed by atoms with van der Waals surface area (Å²) in [4.78, 5) is 1.05. The third kappa shape index (κ3) is 2.25. The summed E-state index contributed by atoms with van der Waals surface area (Å²) in [7, 11) is 0. The number of rotatable bonds is 3. The fourth-order valence-electron chi connectivity index (χ4n) is 1.46. The summed E-state index contributed by atoms with van der Waals surface area (Å²) in [5, 5.41) is 2.84. The second-order valence-corrected chi connectivity index (χ2v) is 4.83. The molecule has 2 heterocycles. The van der Waals surface area contributed by atoms with E-state index in [0.717, 1.165) is 27.4 Å². The zero-order chi connectivity index (χ0) is 10.8. The Labute approximate surface area is 97.7 Å². The molecule has 80 valence electrons. The summed E-state index contributed by atoms with van der Waals surface area (Å²) in [5.41, 5.74) is 8.28. The minimum Gasteiger partial charge on any atom is -0.472 e. The number of aryl methyl sites for hydroxylation is 1. The van der Waals surface area contributed by atoms with E-state index in [2.05, 4.69) is 0 Å². The van der Waals surface area contributed by atoms with Gasteiger partial charge in [-0.2, -0.15) is 0 Å². The monoisotopic (exact) mass is 241 g/mol. The average molecular weight is 242 g/mol. The lowest BCUT2D eigenvalue weighted by Gasteiger charge is -2.08. The molecule has 0 aromatic carbocycles. The van der Waals surface area contributed by atoms with Gasteiger partial charge < -0.3 is 10.2 Å². The van der Waals surface area contributed by atoms with Crippen molar-refractivity contribution >= 4 is 22.9 Å². The molecule has 0 saturated carbocycles. The van der Waals surface area contributed by atoms with Crippen molar-refractivity contribution in [1.82, 2.24) is 0 Å². The summed E-state index contributed by atoms with van der Waals surface area (Å²) in [6.07, 6.45) is 4.13. The second-order valence-electron chi connectivity index (χ2n) is 3.54. The Bertz CT molecular complexity index is 435. The molecule has 15 heavy (non-hydrogen) atoms. The lowest BCUT2D eigenvalue weighted by molar-refractivity contribution is 0.561. The summed E-state index contributed by atoms with van der Waals surface area (Å²) in [5.74, 6) is 0. The number of hydrogen-bond acceptors (Lipinski definition) is 3. The molecule has 0 bridgehead atoms. The van der Waals surface area contributed by atoms with Crippen LogP contribution in [0.5, 0.6) is 0 Å². The van der Waals surface area contributed by atoms with E-state index in [1.807, 2.05) is 18.4 Å². The van der Waals surface area contributed by atoms with Gasteiger partial charge in [0.25, 0.3) is 0 Å². The number of furan rings is 1. The van der Waals surface area contributed by atoms with E-state index in [-0.39, 0.29) is 6.04 Å². The molecule has 0 amide bonds. The molecule has 2 aromatic heterocycles. The predicted octanol–water partition coefficient (Wildman–Crippen LogP) is 3.55. The zero-order valence-corrected chi connectivity index (χ0v) is 9.94. The normalized spacial score (nSPS) is 13.0. The number of nitrogens with two attached hydrogens (primary N) is 1. The molecule has 0 aliphatic heterocycles. The molecule has 2 nitrogen and oxygen atoms in total. The van der Waals surface area contributed by atoms with Crippen LogP contribution >= 0.6 is 22.9 Å². The van der Waals surface area contributed by atoms with Crippen LogP contribution in [0, 0.1) is 6.92 Å². The smallest absolute Gasteiger partial charge is 0.0935 e. The molecule has 4 heteroatoms. The van der Waals surface area contributed by atoms with E-state index in [1.54, 1.807) is 23.9 Å². The molecule has 1 atom stereocenters. The molecule has 0 aliphatic carbocycles. The van der Waals surface area contributed by atoms with E-state index in [4.69, 9.17) is 21.8 Å². The molecule has 2 N–H and O–H groups in total. The van der Waals surface area contributed by atoms with Gasteiger partial charge in [-0.15, -0.1) is 11.3 Å². The molecular formula is C11H12ClNOS. The topological polar surface area (TPSA) is 39.2 Å². The minimum atomic E-state index is -0.0474. The van der Waals surface area contributed by atoms with Crippen LogP contribution in [0.4, 0.5) is 0 Å². The van der Waals surface area contributed by atoms with Crippen LogP contribution in [-0.4, -0.2) is 0 Å². The third-order valence-electron chi connectivity index (χ3n) is 2.30. The lowest BCUT2D eigenvalue weighted by Crippen LogP contribution is -2.11. The molecule has 0 aliphatic rings. The van der Waals surface area contributed by atoms with Gasteiger partial charge in [-0.25, -0.2) is 0 Å². The highest BCUT2D eigenvalue weighted by molar-refractivity contribution is 7.10. The van der Waals surface area contributed by atoms with Gasteiger partial charge in [0.2, 0.25) is 0 Å². The molecule has 0 fully saturated rings. The van der Waals surface area contributed by atoms with Crippen LogP contribution < -0.4 is 5.73 Å². The van der Waals surface area contributed by atoms with Crippen molar-refractivity contribution in [2.45, 2.75) is 19.4 Å². The van der Waals surface area contributed by atoms with E-state index in [1.165, 1.54) is 0 Å². The van der Waals surface area contributed by atoms with Gasteiger partial charge >= 0.3 is 0 Å². The molecule has 2 aromatic rings. The Morgan fingerprint density at radius 3 is 2.93 bits per heavy atom. The van der Waals surface area contributed by atoms with Gasteiger partial charge in [0.15, 0.2) is 0 Å². The Morgan fingerprint density at radius 1 is 1.60 bits per heavy atom. The summed E-state index contributed by atoms with van der Waals surface area (Å²) < 4.78 is 5.00. The summed E-state index contributed by atoms with van der Waals surface area (Å²) >= 11 is 7.77. The van der Waals surface area contributed by atoms with Crippen LogP contribution in [0.15, 0.2) is 28.4 Å². The van der Waals surface area contributed by atoms with Gasteiger partial charge in [0.05, 0.1) is 17.5 Å². The van der Waals surface area contributed by atoms with Crippen molar-refractivity contribution in [1.29, 1.82) is 0 Å². The van der Waals surface area contributed by atoms with E-state index in [9.17, 15) is 0 Å². The average Bonchev–Trinajstić information content (AvgIpc) is 2.79. The maximum Gasteiger partial charge on any atom is 0.0935 e. The Hall–Kier alpha value is -0.770. The second kappa shape index (κ2) is 4.39. The maximum absolute atomic E-state index is 6.15. The standard InChI is InChI=1S/C11H12ClNOS/c1-7-6-15-11(10(7)12)9(13)4-8-2-3-14-5-8/h2-3,5-6,9H,4,13H2,1H3. The highest BCUT2D eigenvalue weighted by Crippen LogP contribution is 2.32. The van der Waals surface area contributed by atoms with Gasteiger partial charge in [0, 0.05) is 10.9 Å². The molecule has 2 rings (SSSR count). The quantitative estimate of drug-likeness (QED) is 0.893. The first-order valence-corrected chi connectivity index (χ1v) is 5.94. The third-order valence-corrected chi connectivity index (χ3v) is 4.14. The first-order valence-electron chi connectivity index (χ1n) is 4.68. The van der Waals surface area contributed by atoms with Crippen molar-refractivity contribution < 1.29 is 4.42 Å². The largest absolute Gasteiger partial charge is 0.472 e. The summed E-state index contributed by atoms with van der Waals surface area (Å²) in [6, 6.07) is 1.88. The van der Waals surface area contributed by atoms with Crippen molar-refractivity contribution in [2.24, 2.45) is 5.73 Å². The number of halogens is 1. The van der Waals surface area contributed by atoms with Gasteiger partial charge in [-0.05, 0) is 35.9 Å². The lowest BCUT2D eigenvalue weighted by atomic mass is 10.1. The number of thiophene rings is 1. The van der Waals surface area contributed by atoms with Gasteiger partial charge in [0.1, 0.15) is 0 Å². The van der Waals surface area contributed by atoms with E-state index < -0.39 is 0 Å². The molecule has 0 saturated heterocycles. The van der Waals surface area contributed by atoms with Crippen LogP contribution in [0.3, 0.4) is 0 Å². The van der Waals surface area contributed by atoms with Crippen molar-refractivity contribution in [2.75, 3.05) is 0 Å². The van der Waals surface area contributed by atoms with Crippen LogP contribution in [-0.2, 0) is 6.42 Å². The van der Waals surface area contributed by atoms with Crippen molar-refractivity contribution in [3.8, 4) is 0 Å². The van der Waals surface area contributed by atoms with Crippen LogP contribution in [0.2, 0.25) is 5.02 Å². The Kier molecular flexibility index (Phi) is 3.14. The van der Waals surface area contributed by atoms with Gasteiger partial charge in [-0.3, -0.25) is 0 Å². The highest BCUT2D eigenvalue weighted by atomic mass is 35.5. The predicted molar refractivity (Wildman–Crippen MR) is 63.4 cm³/mol. The van der Waals surface area contributed by atoms with E-state index >= 15 is 0 Å². The Balaban J connectivity index is 2.14. The molecular weight excluding hydrogens is 230 g/mol. The van der Waals surface area contributed by atoms with E-state index in [0.29, 0.717) is 0 Å². The van der Waals surface area contributed by atoms with Crippen LogP contribution in [0.1, 0.15) is 22.0 Å². The summed E-state index contributed by atoms with van der Waals surface area (Å²) in [6.45, 7) is 1.99. The zero-order valence-electron chi connectivity index (χ0n) is 8.37. The van der Waals surface area contributed by atoms with Gasteiger partial charge in [-0.1, -0.05) is 11.6 Å². The van der Waals surface area contributed by atoms with Crippen molar-refractivity contribution in [3.63, 3.8) is 0 Å². The minimum absolute atomic E-state index is 0.0474. The highest BCUT2D eigenvalue weighted by Gasteiger charge is 2.14. The van der Waals surface area contributed by atoms with Crippen LogP contribution in [0.25, 0.3) is 0 Å². The SMILES string of the molecule is Cc1csc(C(N)Cc2ccoc2)c1Cl. The first-order chi connectivity index (χ1) is 7.18. The fourth-order valence-corrected chi connectivity index (χ4v) is 2.79. The molecule has 0 radical (unpaired) electrons. The molecule has 0 spiro atoms. The fraction of sp³-hybridized carbons (Fsp3) is 0.273. The van der Waals surface area contributed by atoms with Crippen molar-refractivity contribution in [3.05, 3.63) is 45.0 Å². The Morgan fingerprint density at radius 2 is 2.40 bits per heavy atom. The first kappa shape index (κ1) is 10.7. The maximum atomic E-state index is 6.15. The molecule has 1 unspecified atom stereocenters.